The van der Waals surface area contributed by atoms with E-state index in [2.05, 4.69) is 5.32 Å². The van der Waals surface area contributed by atoms with Gasteiger partial charge in [-0.25, -0.2) is 4.79 Å². The number of ether oxygens (including phenoxy) is 1. The zero-order valence-corrected chi connectivity index (χ0v) is 13.2. The fourth-order valence-corrected chi connectivity index (χ4v) is 2.60. The van der Waals surface area contributed by atoms with Crippen molar-refractivity contribution in [1.29, 1.82) is 0 Å². The lowest BCUT2D eigenvalue weighted by molar-refractivity contribution is 0.0602. The first kappa shape index (κ1) is 15.8. The molecule has 0 aliphatic carbocycles. The average Bonchev–Trinajstić information content (AvgIpc) is 2.39. The minimum Gasteiger partial charge on any atom is -0.465 e. The molecule has 0 heterocycles. The summed E-state index contributed by atoms with van der Waals surface area (Å²) in [6, 6.07) is 7.91. The molecule has 110 valence electrons. The Morgan fingerprint density at radius 3 is 2.29 bits per heavy atom. The lowest BCUT2D eigenvalue weighted by Gasteiger charge is -2.14. The van der Waals surface area contributed by atoms with Crippen molar-refractivity contribution in [2.24, 2.45) is 0 Å². The number of methoxy groups -OCH3 is 1. The van der Waals surface area contributed by atoms with E-state index in [9.17, 15) is 4.79 Å². The second-order valence-electron chi connectivity index (χ2n) is 4.20. The van der Waals surface area contributed by atoms with E-state index in [1.807, 2.05) is 0 Å². The second-order valence-corrected chi connectivity index (χ2v) is 5.48. The van der Waals surface area contributed by atoms with Crippen LogP contribution in [0, 0.1) is 0 Å². The van der Waals surface area contributed by atoms with E-state index in [0.29, 0.717) is 27.1 Å². The molecular formula is C14H11Cl3N2O2. The molecule has 0 spiro atoms. The third-order valence-corrected chi connectivity index (χ3v) is 3.38. The highest BCUT2D eigenvalue weighted by molar-refractivity contribution is 6.36. The number of carbonyl (C=O) groups excluding carboxylic acids is 1. The Kier molecular flexibility index (Phi) is 4.83. The van der Waals surface area contributed by atoms with Gasteiger partial charge in [-0.15, -0.1) is 0 Å². The van der Waals surface area contributed by atoms with Crippen molar-refractivity contribution in [3.8, 4) is 0 Å². The van der Waals surface area contributed by atoms with Gasteiger partial charge in [-0.2, -0.15) is 0 Å². The fraction of sp³-hybridized carbons (Fsp3) is 0.0714. The van der Waals surface area contributed by atoms with E-state index in [1.165, 1.54) is 19.2 Å². The Labute approximate surface area is 136 Å². The molecule has 2 aromatic rings. The Balaban J connectivity index is 2.50. The minimum atomic E-state index is -0.556. The van der Waals surface area contributed by atoms with E-state index in [0.717, 1.165) is 0 Å². The van der Waals surface area contributed by atoms with Crippen LogP contribution in [0.25, 0.3) is 0 Å². The Morgan fingerprint density at radius 2 is 1.71 bits per heavy atom. The number of nitrogens with two attached hydrogens (primary N) is 1. The molecule has 0 aliphatic rings. The molecule has 0 saturated carbocycles. The summed E-state index contributed by atoms with van der Waals surface area (Å²) >= 11 is 18.0. The maximum absolute atomic E-state index is 11.8. The number of nitrogen functional groups attached to an aromatic ring is 1. The van der Waals surface area contributed by atoms with E-state index in [-0.39, 0.29) is 10.6 Å². The molecule has 0 radical (unpaired) electrons. The van der Waals surface area contributed by atoms with Crippen LogP contribution in [0.4, 0.5) is 17.1 Å². The van der Waals surface area contributed by atoms with Crippen LogP contribution >= 0.6 is 34.8 Å². The third kappa shape index (κ3) is 3.73. The molecule has 7 heteroatoms. The van der Waals surface area contributed by atoms with Gasteiger partial charge >= 0.3 is 5.97 Å². The Hall–Kier alpha value is -1.62. The number of anilines is 3. The second kappa shape index (κ2) is 6.43. The maximum Gasteiger partial charge on any atom is 0.340 e. The first-order chi connectivity index (χ1) is 9.90. The summed E-state index contributed by atoms with van der Waals surface area (Å²) in [4.78, 5) is 11.8. The Morgan fingerprint density at radius 1 is 1.10 bits per heavy atom. The zero-order valence-electron chi connectivity index (χ0n) is 10.9. The summed E-state index contributed by atoms with van der Waals surface area (Å²) in [6.07, 6.45) is 0. The van der Waals surface area contributed by atoms with Crippen LogP contribution < -0.4 is 11.1 Å². The molecule has 0 unspecified atom stereocenters. The number of halogens is 3. The van der Waals surface area contributed by atoms with E-state index >= 15 is 0 Å². The van der Waals surface area contributed by atoms with Gasteiger partial charge in [0.2, 0.25) is 0 Å². The topological polar surface area (TPSA) is 64.3 Å². The van der Waals surface area contributed by atoms with Gasteiger partial charge in [0.25, 0.3) is 0 Å². The van der Waals surface area contributed by atoms with E-state index < -0.39 is 5.97 Å². The van der Waals surface area contributed by atoms with Crippen molar-refractivity contribution in [3.05, 3.63) is 51.0 Å². The summed E-state index contributed by atoms with van der Waals surface area (Å²) in [5.41, 5.74) is 7.24. The van der Waals surface area contributed by atoms with Gasteiger partial charge < -0.3 is 15.8 Å². The monoisotopic (exact) mass is 344 g/mol. The van der Waals surface area contributed by atoms with Gasteiger partial charge in [-0.3, -0.25) is 0 Å². The largest absolute Gasteiger partial charge is 0.465 e. The quantitative estimate of drug-likeness (QED) is 0.622. The predicted molar refractivity (Wildman–Crippen MR) is 86.9 cm³/mol. The zero-order chi connectivity index (χ0) is 15.6. The smallest absolute Gasteiger partial charge is 0.340 e. The normalized spacial score (nSPS) is 10.3. The first-order valence-corrected chi connectivity index (χ1v) is 6.94. The molecular weight excluding hydrogens is 335 g/mol. The number of hydrogen-bond donors (Lipinski definition) is 2. The number of nitrogens with one attached hydrogen (secondary N) is 1. The van der Waals surface area contributed by atoms with Gasteiger partial charge in [0.05, 0.1) is 23.4 Å². The van der Waals surface area contributed by atoms with Crippen LogP contribution in [-0.4, -0.2) is 13.1 Å². The fourth-order valence-electron chi connectivity index (χ4n) is 1.80. The molecule has 0 bridgehead atoms. The molecule has 0 fully saturated rings. The van der Waals surface area contributed by atoms with Crippen molar-refractivity contribution in [2.75, 3.05) is 18.2 Å². The molecule has 0 atom stereocenters. The minimum absolute atomic E-state index is 0.221. The summed E-state index contributed by atoms with van der Waals surface area (Å²) < 4.78 is 4.73. The Bertz CT molecular complexity index is 685. The molecule has 21 heavy (non-hydrogen) atoms. The van der Waals surface area contributed by atoms with Gasteiger partial charge in [0.1, 0.15) is 0 Å². The maximum atomic E-state index is 11.8. The van der Waals surface area contributed by atoms with Gasteiger partial charge in [-0.1, -0.05) is 34.8 Å². The number of carbonyl (C=O) groups is 1. The van der Waals surface area contributed by atoms with Crippen molar-refractivity contribution >= 4 is 57.8 Å². The number of benzene rings is 2. The van der Waals surface area contributed by atoms with Crippen LogP contribution in [0.5, 0.6) is 0 Å². The van der Waals surface area contributed by atoms with Crippen LogP contribution in [0.2, 0.25) is 15.1 Å². The summed E-state index contributed by atoms with van der Waals surface area (Å²) in [5.74, 6) is -0.556. The summed E-state index contributed by atoms with van der Waals surface area (Å²) in [7, 11) is 1.28. The number of hydrogen-bond acceptors (Lipinski definition) is 4. The molecule has 0 aliphatic heterocycles. The average molecular weight is 346 g/mol. The molecule has 0 aromatic heterocycles. The predicted octanol–water partition coefficient (Wildman–Crippen LogP) is 4.76. The van der Waals surface area contributed by atoms with E-state index in [1.54, 1.807) is 18.2 Å². The molecule has 3 N–H and O–H groups in total. The SMILES string of the molecule is COC(=O)c1cc(N)cc(Cl)c1Nc1cc(Cl)cc(Cl)c1. The summed E-state index contributed by atoms with van der Waals surface area (Å²) in [6.45, 7) is 0. The molecule has 0 saturated heterocycles. The molecule has 2 aromatic carbocycles. The lowest BCUT2D eigenvalue weighted by Crippen LogP contribution is -2.07. The first-order valence-electron chi connectivity index (χ1n) is 5.81. The highest BCUT2D eigenvalue weighted by atomic mass is 35.5. The van der Waals surface area contributed by atoms with Crippen LogP contribution in [0.1, 0.15) is 10.4 Å². The molecule has 2 rings (SSSR count). The van der Waals surface area contributed by atoms with Crippen molar-refractivity contribution in [2.45, 2.75) is 0 Å². The van der Waals surface area contributed by atoms with Crippen LogP contribution in [0.15, 0.2) is 30.3 Å². The number of esters is 1. The van der Waals surface area contributed by atoms with Crippen molar-refractivity contribution in [1.82, 2.24) is 0 Å². The van der Waals surface area contributed by atoms with Crippen LogP contribution in [-0.2, 0) is 4.74 Å². The summed E-state index contributed by atoms with van der Waals surface area (Å²) in [5, 5.41) is 4.20. The number of rotatable bonds is 3. The van der Waals surface area contributed by atoms with Gasteiger partial charge in [0, 0.05) is 21.4 Å². The molecule has 4 nitrogen and oxygen atoms in total. The highest BCUT2D eigenvalue weighted by Gasteiger charge is 2.16. The van der Waals surface area contributed by atoms with Gasteiger partial charge in [-0.05, 0) is 30.3 Å². The van der Waals surface area contributed by atoms with Crippen molar-refractivity contribution in [3.63, 3.8) is 0 Å². The lowest BCUT2D eigenvalue weighted by atomic mass is 10.1. The standard InChI is InChI=1S/C14H11Cl3N2O2/c1-21-14(20)11-5-9(18)6-12(17)13(11)19-10-3-7(15)2-8(16)4-10/h2-6,19H,18H2,1H3. The van der Waals surface area contributed by atoms with Crippen molar-refractivity contribution < 1.29 is 9.53 Å². The molecule has 0 amide bonds. The highest BCUT2D eigenvalue weighted by Crippen LogP contribution is 2.34. The van der Waals surface area contributed by atoms with Gasteiger partial charge in [0.15, 0.2) is 0 Å². The third-order valence-electron chi connectivity index (χ3n) is 2.65. The van der Waals surface area contributed by atoms with Crippen LogP contribution in [0.3, 0.4) is 0 Å². The van der Waals surface area contributed by atoms with E-state index in [4.69, 9.17) is 45.3 Å².